The van der Waals surface area contributed by atoms with Crippen LogP contribution in [0, 0.1) is 0 Å². The van der Waals surface area contributed by atoms with E-state index in [1.807, 2.05) is 41.8 Å². The van der Waals surface area contributed by atoms with Crippen molar-refractivity contribution in [3.63, 3.8) is 0 Å². The van der Waals surface area contributed by atoms with Crippen LogP contribution in [0.25, 0.3) is 0 Å². The summed E-state index contributed by atoms with van der Waals surface area (Å²) in [4.78, 5) is 27.1. The van der Waals surface area contributed by atoms with Crippen LogP contribution in [0.15, 0.2) is 47.8 Å². The van der Waals surface area contributed by atoms with Gasteiger partial charge in [-0.05, 0) is 23.9 Å². The van der Waals surface area contributed by atoms with Crippen molar-refractivity contribution in [3.8, 4) is 0 Å². The molecule has 3 rings (SSSR count). The van der Waals surface area contributed by atoms with Crippen LogP contribution in [0.4, 0.5) is 0 Å². The molecule has 1 aromatic heterocycles. The highest BCUT2D eigenvalue weighted by Gasteiger charge is 2.29. The molecule has 0 spiro atoms. The predicted octanol–water partition coefficient (Wildman–Crippen LogP) is 2.47. The molecule has 1 aliphatic rings. The number of carbonyl (C=O) groups is 2. The zero-order chi connectivity index (χ0) is 16.9. The first-order valence-corrected chi connectivity index (χ1v) is 8.83. The third-order valence-electron chi connectivity index (χ3n) is 4.01. The number of carbonyl (C=O) groups excluding carboxylic acids is 2. The van der Waals surface area contributed by atoms with Crippen molar-refractivity contribution in [2.75, 3.05) is 19.7 Å². The first-order valence-electron chi connectivity index (χ1n) is 7.95. The maximum Gasteiger partial charge on any atom is 0.261 e. The van der Waals surface area contributed by atoms with Gasteiger partial charge in [-0.2, -0.15) is 0 Å². The van der Waals surface area contributed by atoms with Crippen molar-refractivity contribution in [2.45, 2.75) is 19.1 Å². The van der Waals surface area contributed by atoms with Crippen LogP contribution in [0.1, 0.15) is 28.3 Å². The molecular weight excluding hydrogens is 324 g/mol. The number of nitrogens with one attached hydrogen (secondary N) is 1. The number of thiophene rings is 1. The molecule has 1 saturated heterocycles. The molecule has 1 aliphatic heterocycles. The lowest BCUT2D eigenvalue weighted by atomic mass is 10.1. The molecule has 0 aliphatic carbocycles. The standard InChI is InChI=1S/C18H20N2O3S/c1-13(19-17(21)16-8-5-11-24-16)18(22)20-9-10-23-15(12-20)14-6-3-2-4-7-14/h2-8,11,13,15H,9-10,12H2,1H3,(H,19,21)/t13-,15?/m0/s1. The lowest BCUT2D eigenvalue weighted by molar-refractivity contribution is -0.140. The molecule has 2 heterocycles. The highest BCUT2D eigenvalue weighted by Crippen LogP contribution is 2.22. The van der Waals surface area contributed by atoms with Crippen LogP contribution in [0.5, 0.6) is 0 Å². The Bertz CT molecular complexity index is 688. The topological polar surface area (TPSA) is 58.6 Å². The summed E-state index contributed by atoms with van der Waals surface area (Å²) >= 11 is 1.36. The summed E-state index contributed by atoms with van der Waals surface area (Å²) in [6, 6.07) is 12.9. The lowest BCUT2D eigenvalue weighted by Gasteiger charge is -2.34. The van der Waals surface area contributed by atoms with E-state index in [4.69, 9.17) is 4.74 Å². The second-order valence-corrected chi connectivity index (χ2v) is 6.67. The number of amides is 2. The van der Waals surface area contributed by atoms with Crippen LogP contribution < -0.4 is 5.32 Å². The average molecular weight is 344 g/mol. The zero-order valence-corrected chi connectivity index (χ0v) is 14.3. The number of morpholine rings is 1. The molecule has 6 heteroatoms. The van der Waals surface area contributed by atoms with Gasteiger partial charge in [0.1, 0.15) is 12.1 Å². The van der Waals surface area contributed by atoms with E-state index in [0.29, 0.717) is 24.6 Å². The molecule has 0 bridgehead atoms. The molecular formula is C18H20N2O3S. The Hall–Kier alpha value is -2.18. The van der Waals surface area contributed by atoms with E-state index in [1.165, 1.54) is 11.3 Å². The minimum absolute atomic E-state index is 0.0795. The second kappa shape index (κ2) is 7.59. The van der Waals surface area contributed by atoms with E-state index in [1.54, 1.807) is 17.9 Å². The van der Waals surface area contributed by atoms with E-state index >= 15 is 0 Å². The van der Waals surface area contributed by atoms with Crippen molar-refractivity contribution < 1.29 is 14.3 Å². The molecule has 2 amide bonds. The number of hydrogen-bond donors (Lipinski definition) is 1. The maximum absolute atomic E-state index is 12.6. The number of nitrogens with zero attached hydrogens (tertiary/aromatic N) is 1. The summed E-state index contributed by atoms with van der Waals surface area (Å²) in [7, 11) is 0. The molecule has 1 fully saturated rings. The van der Waals surface area contributed by atoms with Crippen LogP contribution in [-0.2, 0) is 9.53 Å². The smallest absolute Gasteiger partial charge is 0.261 e. The van der Waals surface area contributed by atoms with Crippen molar-refractivity contribution in [1.82, 2.24) is 10.2 Å². The van der Waals surface area contributed by atoms with Gasteiger partial charge in [0.25, 0.3) is 5.91 Å². The SMILES string of the molecule is C[C@H](NC(=O)c1cccs1)C(=O)N1CCOC(c2ccccc2)C1. The Kier molecular flexibility index (Phi) is 5.27. The highest BCUT2D eigenvalue weighted by molar-refractivity contribution is 7.12. The van der Waals surface area contributed by atoms with Gasteiger partial charge < -0.3 is 15.0 Å². The third-order valence-corrected chi connectivity index (χ3v) is 4.88. The van der Waals surface area contributed by atoms with Gasteiger partial charge in [0.05, 0.1) is 18.0 Å². The fourth-order valence-corrected chi connectivity index (χ4v) is 3.36. The number of hydrogen-bond acceptors (Lipinski definition) is 4. The summed E-state index contributed by atoms with van der Waals surface area (Å²) in [6.45, 7) is 3.27. The number of rotatable bonds is 4. The molecule has 1 unspecified atom stereocenters. The first kappa shape index (κ1) is 16.7. The molecule has 0 radical (unpaired) electrons. The van der Waals surface area contributed by atoms with Gasteiger partial charge in [0.15, 0.2) is 0 Å². The maximum atomic E-state index is 12.6. The van der Waals surface area contributed by atoms with E-state index < -0.39 is 6.04 Å². The quantitative estimate of drug-likeness (QED) is 0.927. The average Bonchev–Trinajstić information content (AvgIpc) is 3.17. The van der Waals surface area contributed by atoms with Gasteiger partial charge in [-0.15, -0.1) is 11.3 Å². The van der Waals surface area contributed by atoms with Gasteiger partial charge >= 0.3 is 0 Å². The third kappa shape index (κ3) is 3.83. The van der Waals surface area contributed by atoms with Crippen molar-refractivity contribution in [1.29, 1.82) is 0 Å². The fraction of sp³-hybridized carbons (Fsp3) is 0.333. The molecule has 2 aromatic rings. The summed E-state index contributed by atoms with van der Waals surface area (Å²) in [5.41, 5.74) is 1.06. The van der Waals surface area contributed by atoms with Crippen LogP contribution >= 0.6 is 11.3 Å². The number of ether oxygens (including phenoxy) is 1. The Morgan fingerprint density at radius 2 is 2.04 bits per heavy atom. The Balaban J connectivity index is 1.60. The summed E-state index contributed by atoms with van der Waals surface area (Å²) < 4.78 is 5.78. The molecule has 2 atom stereocenters. The lowest BCUT2D eigenvalue weighted by Crippen LogP contribution is -2.51. The summed E-state index contributed by atoms with van der Waals surface area (Å²) in [5.74, 6) is -0.289. The number of benzene rings is 1. The second-order valence-electron chi connectivity index (χ2n) is 5.73. The molecule has 5 nitrogen and oxygen atoms in total. The van der Waals surface area contributed by atoms with Gasteiger partial charge in [-0.25, -0.2) is 0 Å². The summed E-state index contributed by atoms with van der Waals surface area (Å²) in [5, 5.41) is 4.61. The molecule has 24 heavy (non-hydrogen) atoms. The van der Waals surface area contributed by atoms with Gasteiger partial charge in [-0.1, -0.05) is 36.4 Å². The Labute approximate surface area is 145 Å². The van der Waals surface area contributed by atoms with Gasteiger partial charge in [0.2, 0.25) is 5.91 Å². The van der Waals surface area contributed by atoms with Crippen LogP contribution in [0.2, 0.25) is 0 Å². The predicted molar refractivity (Wildman–Crippen MR) is 93.0 cm³/mol. The van der Waals surface area contributed by atoms with E-state index in [0.717, 1.165) is 5.56 Å². The van der Waals surface area contributed by atoms with Crippen LogP contribution in [-0.4, -0.2) is 42.5 Å². The van der Waals surface area contributed by atoms with E-state index in [9.17, 15) is 9.59 Å². The van der Waals surface area contributed by atoms with Crippen molar-refractivity contribution in [2.24, 2.45) is 0 Å². The van der Waals surface area contributed by atoms with Gasteiger partial charge in [-0.3, -0.25) is 9.59 Å². The Morgan fingerprint density at radius 1 is 1.25 bits per heavy atom. The molecule has 126 valence electrons. The summed E-state index contributed by atoms with van der Waals surface area (Å²) in [6.07, 6.45) is -0.121. The minimum Gasteiger partial charge on any atom is -0.370 e. The first-order chi connectivity index (χ1) is 11.6. The van der Waals surface area contributed by atoms with E-state index in [2.05, 4.69) is 5.32 Å². The molecule has 0 saturated carbocycles. The molecule has 1 aromatic carbocycles. The largest absolute Gasteiger partial charge is 0.370 e. The van der Waals surface area contributed by atoms with Crippen molar-refractivity contribution >= 4 is 23.2 Å². The van der Waals surface area contributed by atoms with Crippen molar-refractivity contribution in [3.05, 3.63) is 58.3 Å². The fourth-order valence-electron chi connectivity index (χ4n) is 2.73. The molecule has 1 N–H and O–H groups in total. The minimum atomic E-state index is -0.561. The Morgan fingerprint density at radius 3 is 2.75 bits per heavy atom. The monoisotopic (exact) mass is 344 g/mol. The van der Waals surface area contributed by atoms with Crippen LogP contribution in [0.3, 0.4) is 0 Å². The van der Waals surface area contributed by atoms with Gasteiger partial charge in [0, 0.05) is 6.54 Å². The zero-order valence-electron chi connectivity index (χ0n) is 13.5. The van der Waals surface area contributed by atoms with E-state index in [-0.39, 0.29) is 17.9 Å². The normalized spacial score (nSPS) is 18.9. The highest BCUT2D eigenvalue weighted by atomic mass is 32.1.